The normalized spacial score (nSPS) is 10.9. The largest absolute Gasteiger partial charge is 0.489 e. The summed E-state index contributed by atoms with van der Waals surface area (Å²) in [5, 5.41) is 11.2. The smallest absolute Gasteiger partial charge is 0.279 e. The van der Waals surface area contributed by atoms with Crippen LogP contribution < -0.4 is 10.1 Å². The number of halogens is 2. The summed E-state index contributed by atoms with van der Waals surface area (Å²) in [5.41, 5.74) is 3.25. The molecule has 1 amide bonds. The lowest BCUT2D eigenvalue weighted by Crippen LogP contribution is -2.16. The first-order valence-corrected chi connectivity index (χ1v) is 10.6. The highest BCUT2D eigenvalue weighted by atomic mass is 35.5. The van der Waals surface area contributed by atoms with Crippen LogP contribution in [0.25, 0.3) is 0 Å². The molecule has 0 bridgehead atoms. The fourth-order valence-corrected chi connectivity index (χ4v) is 3.46. The van der Waals surface area contributed by atoms with Crippen molar-refractivity contribution in [2.45, 2.75) is 33.9 Å². The van der Waals surface area contributed by atoms with Crippen molar-refractivity contribution in [3.8, 4) is 5.75 Å². The molecule has 0 atom stereocenters. The Morgan fingerprint density at radius 1 is 1.15 bits per heavy atom. The number of anilines is 1. The van der Waals surface area contributed by atoms with E-state index in [-0.39, 0.29) is 24.7 Å². The highest BCUT2D eigenvalue weighted by Crippen LogP contribution is 2.22. The van der Waals surface area contributed by atoms with Crippen LogP contribution in [0.2, 0.25) is 5.02 Å². The van der Waals surface area contributed by atoms with Crippen LogP contribution in [0.3, 0.4) is 0 Å². The molecule has 0 spiro atoms. The second-order valence-corrected chi connectivity index (χ2v) is 8.06. The van der Waals surface area contributed by atoms with Crippen LogP contribution in [0.1, 0.15) is 38.5 Å². The lowest BCUT2D eigenvalue weighted by molar-refractivity contribution is 0.101. The molecule has 9 heteroatoms. The number of hydrogen-bond acceptors (Lipinski definition) is 5. The lowest BCUT2D eigenvalue weighted by atomic mass is 10.1. The van der Waals surface area contributed by atoms with Gasteiger partial charge in [-0.3, -0.25) is 9.48 Å². The Kier molecular flexibility index (Phi) is 6.46. The lowest BCUT2D eigenvalue weighted by Gasteiger charge is -2.09. The molecule has 170 valence electrons. The third-order valence-electron chi connectivity index (χ3n) is 5.33. The molecule has 4 rings (SSSR count). The van der Waals surface area contributed by atoms with Gasteiger partial charge in [-0.15, -0.1) is 0 Å². The van der Waals surface area contributed by atoms with E-state index < -0.39 is 11.7 Å². The highest BCUT2D eigenvalue weighted by molar-refractivity contribution is 6.31. The molecule has 0 fully saturated rings. The van der Waals surface area contributed by atoms with E-state index in [2.05, 4.69) is 15.6 Å². The van der Waals surface area contributed by atoms with E-state index in [1.165, 1.54) is 22.4 Å². The predicted octanol–water partition coefficient (Wildman–Crippen LogP) is 5.47. The Hall–Kier alpha value is -3.65. The molecule has 7 nitrogen and oxygen atoms in total. The molecule has 33 heavy (non-hydrogen) atoms. The topological polar surface area (TPSA) is 82.2 Å². The van der Waals surface area contributed by atoms with Gasteiger partial charge >= 0.3 is 0 Å². The van der Waals surface area contributed by atoms with Gasteiger partial charge in [-0.1, -0.05) is 28.9 Å². The van der Waals surface area contributed by atoms with Gasteiger partial charge in [0.15, 0.2) is 11.5 Å². The quantitative estimate of drug-likeness (QED) is 0.389. The Morgan fingerprint density at radius 3 is 2.73 bits per heavy atom. The summed E-state index contributed by atoms with van der Waals surface area (Å²) >= 11 is 6.08. The molecule has 4 aromatic rings. The molecule has 2 aromatic heterocycles. The van der Waals surface area contributed by atoms with Gasteiger partial charge in [-0.25, -0.2) is 4.39 Å². The maximum absolute atomic E-state index is 14.0. The van der Waals surface area contributed by atoms with Gasteiger partial charge in [0.05, 0.1) is 12.1 Å². The number of amides is 1. The highest BCUT2D eigenvalue weighted by Gasteiger charge is 2.21. The van der Waals surface area contributed by atoms with E-state index in [4.69, 9.17) is 20.9 Å². The monoisotopic (exact) mass is 468 g/mol. The van der Waals surface area contributed by atoms with Crippen LogP contribution in [0.5, 0.6) is 5.75 Å². The number of benzene rings is 2. The van der Waals surface area contributed by atoms with Gasteiger partial charge in [-0.2, -0.15) is 5.10 Å². The fraction of sp³-hybridized carbons (Fsp3) is 0.208. The van der Waals surface area contributed by atoms with Crippen LogP contribution in [0, 0.1) is 26.6 Å². The van der Waals surface area contributed by atoms with Crippen molar-refractivity contribution in [2.24, 2.45) is 0 Å². The summed E-state index contributed by atoms with van der Waals surface area (Å²) in [4.78, 5) is 12.8. The first kappa shape index (κ1) is 22.5. The van der Waals surface area contributed by atoms with Gasteiger partial charge in [0.2, 0.25) is 0 Å². The van der Waals surface area contributed by atoms with Crippen molar-refractivity contribution in [1.29, 1.82) is 0 Å². The minimum atomic E-state index is -0.486. The molecule has 0 aliphatic rings. The van der Waals surface area contributed by atoms with Crippen LogP contribution in [0.4, 0.5) is 10.2 Å². The average Bonchev–Trinajstić information content (AvgIpc) is 3.37. The molecule has 2 aromatic carbocycles. The fourth-order valence-electron chi connectivity index (χ4n) is 3.24. The predicted molar refractivity (Wildman–Crippen MR) is 122 cm³/mol. The Morgan fingerprint density at radius 2 is 1.97 bits per heavy atom. The molecule has 2 heterocycles. The summed E-state index contributed by atoms with van der Waals surface area (Å²) in [7, 11) is 0. The summed E-state index contributed by atoms with van der Waals surface area (Å²) < 4.78 is 26.6. The molecular formula is C24H22ClFN4O3. The number of nitrogens with one attached hydrogen (secondary N) is 1. The summed E-state index contributed by atoms with van der Waals surface area (Å²) in [6, 6.07) is 11.9. The van der Waals surface area contributed by atoms with Crippen LogP contribution in [-0.4, -0.2) is 20.8 Å². The van der Waals surface area contributed by atoms with E-state index in [1.807, 2.05) is 32.0 Å². The first-order valence-electron chi connectivity index (χ1n) is 10.2. The van der Waals surface area contributed by atoms with E-state index in [9.17, 15) is 9.18 Å². The second-order valence-electron chi connectivity index (χ2n) is 7.65. The van der Waals surface area contributed by atoms with Crippen molar-refractivity contribution in [1.82, 2.24) is 14.9 Å². The Balaban J connectivity index is 1.45. The number of ether oxygens (including phenoxy) is 1. The van der Waals surface area contributed by atoms with E-state index in [1.54, 1.807) is 25.3 Å². The van der Waals surface area contributed by atoms with Crippen molar-refractivity contribution in [2.75, 3.05) is 5.32 Å². The number of aryl methyl sites for hydroxylation is 3. The number of aromatic nitrogens is 3. The van der Waals surface area contributed by atoms with Gasteiger partial charge < -0.3 is 14.6 Å². The third-order valence-corrected chi connectivity index (χ3v) is 5.68. The van der Waals surface area contributed by atoms with Crippen LogP contribution in [0.15, 0.2) is 53.2 Å². The van der Waals surface area contributed by atoms with Crippen molar-refractivity contribution in [3.63, 3.8) is 0 Å². The average molecular weight is 469 g/mol. The minimum absolute atomic E-state index is 0.114. The van der Waals surface area contributed by atoms with Gasteiger partial charge in [-0.05, 0) is 56.2 Å². The number of rotatable bonds is 7. The van der Waals surface area contributed by atoms with Crippen LogP contribution >= 0.6 is 11.6 Å². The molecule has 0 radical (unpaired) electrons. The standard InChI is InChI=1S/C24H22ClFN4O3/c1-14-7-8-17(11-15(14)2)32-13-19-16(3)33-29-23(19)24(31)27-22-9-10-30(28-22)12-18-20(25)5-4-6-21(18)26/h4-11H,12-13H2,1-3H3,(H,27,28,31). The molecule has 0 aliphatic heterocycles. The van der Waals surface area contributed by atoms with Crippen molar-refractivity contribution >= 4 is 23.3 Å². The zero-order valence-electron chi connectivity index (χ0n) is 18.4. The van der Waals surface area contributed by atoms with E-state index >= 15 is 0 Å². The molecule has 0 aliphatic carbocycles. The van der Waals surface area contributed by atoms with Gasteiger partial charge in [0.25, 0.3) is 5.91 Å². The van der Waals surface area contributed by atoms with Gasteiger partial charge in [0.1, 0.15) is 23.9 Å². The molecule has 1 N–H and O–H groups in total. The zero-order valence-corrected chi connectivity index (χ0v) is 19.1. The number of nitrogens with zero attached hydrogens (tertiary/aromatic N) is 3. The van der Waals surface area contributed by atoms with Crippen molar-refractivity contribution < 1.29 is 18.4 Å². The minimum Gasteiger partial charge on any atom is -0.489 e. The number of carbonyl (C=O) groups is 1. The molecule has 0 saturated carbocycles. The summed E-state index contributed by atoms with van der Waals surface area (Å²) in [6.07, 6.45) is 1.62. The Bertz CT molecular complexity index is 1290. The maximum atomic E-state index is 14.0. The molecular weight excluding hydrogens is 447 g/mol. The second kappa shape index (κ2) is 9.46. The number of hydrogen-bond donors (Lipinski definition) is 1. The zero-order chi connectivity index (χ0) is 23.5. The summed E-state index contributed by atoms with van der Waals surface area (Å²) in [5.74, 6) is 0.559. The maximum Gasteiger partial charge on any atom is 0.279 e. The SMILES string of the molecule is Cc1ccc(OCc2c(C(=O)Nc3ccn(Cc4c(F)cccc4Cl)n3)noc2C)cc1C. The van der Waals surface area contributed by atoms with Crippen LogP contribution in [-0.2, 0) is 13.2 Å². The number of carbonyl (C=O) groups excluding carboxylic acids is 1. The van der Waals surface area contributed by atoms with E-state index in [0.717, 1.165) is 5.56 Å². The summed E-state index contributed by atoms with van der Waals surface area (Å²) in [6.45, 7) is 6.00. The third kappa shape index (κ3) is 5.06. The molecule has 0 unspecified atom stereocenters. The van der Waals surface area contributed by atoms with Crippen molar-refractivity contribution in [3.05, 3.63) is 93.2 Å². The van der Waals surface area contributed by atoms with E-state index in [0.29, 0.717) is 27.7 Å². The molecule has 0 saturated heterocycles. The Labute approximate surface area is 195 Å². The first-order chi connectivity index (χ1) is 15.8. The van der Waals surface area contributed by atoms with Gasteiger partial charge in [0, 0.05) is 22.8 Å².